The molecule has 0 saturated carbocycles. The van der Waals surface area contributed by atoms with Crippen LogP contribution in [0, 0.1) is 11.3 Å². The molecular formula is C28H24BrN3O2. The van der Waals surface area contributed by atoms with Crippen LogP contribution < -0.4 is 10.5 Å². The van der Waals surface area contributed by atoms with Crippen LogP contribution in [0.25, 0.3) is 10.8 Å². The van der Waals surface area contributed by atoms with Gasteiger partial charge in [0.05, 0.1) is 22.0 Å². The van der Waals surface area contributed by atoms with Gasteiger partial charge in [-0.1, -0.05) is 42.5 Å². The maximum atomic E-state index is 12.9. The summed E-state index contributed by atoms with van der Waals surface area (Å²) in [5.74, 6) is 0.735. The summed E-state index contributed by atoms with van der Waals surface area (Å²) in [6.45, 7) is 0.432. The maximum Gasteiger partial charge on any atom is 0.161 e. The Morgan fingerprint density at radius 1 is 1.12 bits per heavy atom. The van der Waals surface area contributed by atoms with Crippen LogP contribution in [-0.2, 0) is 11.4 Å². The molecule has 5 rings (SSSR count). The minimum absolute atomic E-state index is 0.0890. The molecule has 34 heavy (non-hydrogen) atoms. The van der Waals surface area contributed by atoms with Crippen LogP contribution in [0.1, 0.15) is 36.3 Å². The van der Waals surface area contributed by atoms with Gasteiger partial charge in [0, 0.05) is 24.7 Å². The van der Waals surface area contributed by atoms with Crippen molar-refractivity contribution in [2.45, 2.75) is 31.8 Å². The molecule has 0 bridgehead atoms. The molecule has 0 saturated heterocycles. The zero-order valence-corrected chi connectivity index (χ0v) is 20.4. The number of rotatable bonds is 4. The molecule has 0 amide bonds. The van der Waals surface area contributed by atoms with Crippen LogP contribution in [0.2, 0.25) is 0 Å². The van der Waals surface area contributed by atoms with Crippen molar-refractivity contribution in [2.24, 2.45) is 5.73 Å². The summed E-state index contributed by atoms with van der Waals surface area (Å²) >= 11 is 3.63. The third-order valence-electron chi connectivity index (χ3n) is 6.67. The minimum Gasteiger partial charge on any atom is -0.488 e. The van der Waals surface area contributed by atoms with Crippen molar-refractivity contribution >= 4 is 32.5 Å². The highest BCUT2D eigenvalue weighted by Crippen LogP contribution is 2.45. The molecule has 1 aliphatic carbocycles. The van der Waals surface area contributed by atoms with Crippen molar-refractivity contribution in [3.8, 4) is 11.8 Å². The van der Waals surface area contributed by atoms with Crippen LogP contribution in [-0.4, -0.2) is 17.7 Å². The first-order valence-corrected chi connectivity index (χ1v) is 12.1. The largest absolute Gasteiger partial charge is 0.488 e. The summed E-state index contributed by atoms with van der Waals surface area (Å²) in [5.41, 5.74) is 10.3. The summed E-state index contributed by atoms with van der Waals surface area (Å²) in [7, 11) is 1.83. The molecular weight excluding hydrogens is 490 g/mol. The van der Waals surface area contributed by atoms with Crippen molar-refractivity contribution in [3.63, 3.8) is 0 Å². The minimum atomic E-state index is -0.463. The zero-order valence-electron chi connectivity index (χ0n) is 18.8. The smallest absolute Gasteiger partial charge is 0.161 e. The van der Waals surface area contributed by atoms with Gasteiger partial charge >= 0.3 is 0 Å². The predicted molar refractivity (Wildman–Crippen MR) is 136 cm³/mol. The fourth-order valence-corrected chi connectivity index (χ4v) is 5.41. The van der Waals surface area contributed by atoms with E-state index in [0.717, 1.165) is 34.1 Å². The van der Waals surface area contributed by atoms with Crippen molar-refractivity contribution in [1.29, 1.82) is 5.26 Å². The summed E-state index contributed by atoms with van der Waals surface area (Å²) in [4.78, 5) is 14.7. The number of halogens is 1. The van der Waals surface area contributed by atoms with E-state index in [9.17, 15) is 10.1 Å². The lowest BCUT2D eigenvalue weighted by Gasteiger charge is -2.37. The normalized spacial score (nSPS) is 18.2. The Morgan fingerprint density at radius 2 is 1.91 bits per heavy atom. The van der Waals surface area contributed by atoms with Gasteiger partial charge in [0.2, 0.25) is 0 Å². The van der Waals surface area contributed by atoms with Gasteiger partial charge < -0.3 is 15.4 Å². The number of carbonyl (C=O) groups excluding carboxylic acids is 1. The Kier molecular flexibility index (Phi) is 5.89. The van der Waals surface area contributed by atoms with Crippen LogP contribution in [0.3, 0.4) is 0 Å². The van der Waals surface area contributed by atoms with Gasteiger partial charge in [0.25, 0.3) is 0 Å². The highest BCUT2D eigenvalue weighted by atomic mass is 79.9. The molecule has 6 heteroatoms. The second-order valence-electron chi connectivity index (χ2n) is 8.70. The first-order chi connectivity index (χ1) is 16.5. The number of nitriles is 1. The fourth-order valence-electron chi connectivity index (χ4n) is 4.90. The van der Waals surface area contributed by atoms with E-state index in [2.05, 4.69) is 52.3 Å². The standard InChI is InChI=1S/C28H24BrN3O2/c1-32-23-7-4-8-24(33)27(23)26(21(15-30)28(32)31)20-11-12-25(22(29)14-20)34-16-17-9-10-18-5-2-3-6-19(18)13-17/h2-3,5-6,9-14,26H,4,7-8,16,31H2,1H3/t26-/m1/s1. The van der Waals surface area contributed by atoms with Crippen molar-refractivity contribution in [3.05, 3.63) is 98.9 Å². The number of hydrogen-bond donors (Lipinski definition) is 1. The number of allylic oxidation sites excluding steroid dienone is 3. The van der Waals surface area contributed by atoms with E-state index in [0.29, 0.717) is 35.7 Å². The Hall–Kier alpha value is -3.56. The number of hydrogen-bond acceptors (Lipinski definition) is 5. The molecule has 3 aromatic rings. The monoisotopic (exact) mass is 513 g/mol. The molecule has 170 valence electrons. The molecule has 0 aromatic heterocycles. The lowest BCUT2D eigenvalue weighted by molar-refractivity contribution is -0.116. The van der Waals surface area contributed by atoms with E-state index >= 15 is 0 Å². The van der Waals surface area contributed by atoms with Crippen LogP contribution in [0.5, 0.6) is 5.75 Å². The average molecular weight is 514 g/mol. The second-order valence-corrected chi connectivity index (χ2v) is 9.55. The van der Waals surface area contributed by atoms with Gasteiger partial charge in [-0.15, -0.1) is 0 Å². The summed E-state index contributed by atoms with van der Waals surface area (Å²) in [6, 6.07) is 22.5. The van der Waals surface area contributed by atoms with Crippen LogP contribution in [0.15, 0.2) is 87.8 Å². The lowest BCUT2D eigenvalue weighted by atomic mass is 9.76. The maximum absolute atomic E-state index is 12.9. The molecule has 1 atom stereocenters. The van der Waals surface area contributed by atoms with Gasteiger partial charge in [-0.3, -0.25) is 4.79 Å². The van der Waals surface area contributed by atoms with Crippen molar-refractivity contribution in [2.75, 3.05) is 7.05 Å². The van der Waals surface area contributed by atoms with Gasteiger partial charge in [0.15, 0.2) is 5.78 Å². The van der Waals surface area contributed by atoms with Crippen LogP contribution in [0.4, 0.5) is 0 Å². The summed E-state index contributed by atoms with van der Waals surface area (Å²) < 4.78 is 6.87. The molecule has 0 spiro atoms. The fraction of sp³-hybridized carbons (Fsp3) is 0.214. The van der Waals surface area contributed by atoms with Crippen molar-refractivity contribution in [1.82, 2.24) is 4.90 Å². The average Bonchev–Trinajstić information content (AvgIpc) is 2.85. The number of ketones is 1. The van der Waals surface area contributed by atoms with E-state index in [1.54, 1.807) is 4.90 Å². The molecule has 0 radical (unpaired) electrons. The van der Waals surface area contributed by atoms with E-state index in [1.165, 1.54) is 10.8 Å². The predicted octanol–water partition coefficient (Wildman–Crippen LogP) is 5.91. The number of fused-ring (bicyclic) bond motifs is 1. The molecule has 3 aromatic carbocycles. The first-order valence-electron chi connectivity index (χ1n) is 11.3. The summed E-state index contributed by atoms with van der Waals surface area (Å²) in [5, 5.41) is 12.3. The lowest BCUT2D eigenvalue weighted by Crippen LogP contribution is -2.36. The quantitative estimate of drug-likeness (QED) is 0.468. The van der Waals surface area contributed by atoms with E-state index in [1.807, 2.05) is 37.4 Å². The summed E-state index contributed by atoms with van der Waals surface area (Å²) in [6.07, 6.45) is 2.08. The van der Waals surface area contributed by atoms with Crippen LogP contribution >= 0.6 is 15.9 Å². The molecule has 2 N–H and O–H groups in total. The Morgan fingerprint density at radius 3 is 2.68 bits per heavy atom. The van der Waals surface area contributed by atoms with Gasteiger partial charge in [-0.25, -0.2) is 0 Å². The van der Waals surface area contributed by atoms with E-state index < -0.39 is 5.92 Å². The highest BCUT2D eigenvalue weighted by Gasteiger charge is 2.38. The number of benzene rings is 3. The molecule has 0 fully saturated rings. The van der Waals surface area contributed by atoms with E-state index in [4.69, 9.17) is 10.5 Å². The molecule has 1 heterocycles. The molecule has 0 unspecified atom stereocenters. The molecule has 2 aliphatic rings. The first kappa shape index (κ1) is 22.2. The van der Waals surface area contributed by atoms with Gasteiger partial charge in [-0.2, -0.15) is 5.26 Å². The number of nitrogens with zero attached hydrogens (tertiary/aromatic N) is 2. The van der Waals surface area contributed by atoms with Crippen molar-refractivity contribution < 1.29 is 9.53 Å². The molecule has 1 aliphatic heterocycles. The molecule has 5 nitrogen and oxygen atoms in total. The van der Waals surface area contributed by atoms with Gasteiger partial charge in [-0.05, 0) is 68.9 Å². The Labute approximate surface area is 207 Å². The highest BCUT2D eigenvalue weighted by molar-refractivity contribution is 9.10. The number of ether oxygens (including phenoxy) is 1. The third kappa shape index (κ3) is 3.86. The number of nitrogens with two attached hydrogens (primary N) is 1. The second kappa shape index (κ2) is 9.00. The number of carbonyl (C=O) groups is 1. The Balaban J connectivity index is 1.44. The Bertz CT molecular complexity index is 1420. The van der Waals surface area contributed by atoms with Gasteiger partial charge in [0.1, 0.15) is 18.2 Å². The number of Topliss-reactive ketones (excluding diaryl/α,β-unsaturated/α-hetero) is 1. The topological polar surface area (TPSA) is 79.3 Å². The zero-order chi connectivity index (χ0) is 23.8. The third-order valence-corrected chi connectivity index (χ3v) is 7.29. The SMILES string of the molecule is CN1C(N)=C(C#N)[C@@H](c2ccc(OCc3ccc4ccccc4c3)c(Br)c2)C2=C1CCCC2=O. The van der Waals surface area contributed by atoms with E-state index in [-0.39, 0.29) is 5.78 Å².